The van der Waals surface area contributed by atoms with Crippen molar-refractivity contribution in [1.82, 2.24) is 9.88 Å². The Kier molecular flexibility index (Phi) is 2.38. The molecule has 0 amide bonds. The first-order valence-electron chi connectivity index (χ1n) is 6.15. The number of para-hydroxylation sites is 1. The van der Waals surface area contributed by atoms with Gasteiger partial charge in [0.15, 0.2) is 5.78 Å². The van der Waals surface area contributed by atoms with E-state index in [0.717, 1.165) is 11.4 Å². The molecular weight excluding hydrogens is 224 g/mol. The molecule has 3 nitrogen and oxygen atoms in total. The van der Waals surface area contributed by atoms with Crippen molar-refractivity contribution in [1.29, 1.82) is 0 Å². The van der Waals surface area contributed by atoms with Crippen LogP contribution in [0.15, 0.2) is 42.6 Å². The molecule has 1 aromatic carbocycles. The van der Waals surface area contributed by atoms with E-state index in [4.69, 9.17) is 0 Å². The molecule has 3 rings (SSSR count). The molecule has 0 aliphatic carbocycles. The van der Waals surface area contributed by atoms with E-state index < -0.39 is 5.54 Å². The van der Waals surface area contributed by atoms with Crippen molar-refractivity contribution >= 4 is 5.78 Å². The Morgan fingerprint density at radius 1 is 1.28 bits per heavy atom. The highest BCUT2D eigenvalue weighted by molar-refractivity contribution is 5.87. The Labute approximate surface area is 106 Å². The number of nitrogens with one attached hydrogen (secondary N) is 1. The van der Waals surface area contributed by atoms with Crippen molar-refractivity contribution < 1.29 is 4.79 Å². The van der Waals surface area contributed by atoms with E-state index in [-0.39, 0.29) is 5.78 Å². The number of Topliss-reactive ketones (excluding diaryl/α,β-unsaturated/α-hetero) is 1. The number of carbonyl (C=O) groups is 1. The fraction of sp³-hybridized carbons (Fsp3) is 0.267. The molecule has 3 heteroatoms. The van der Waals surface area contributed by atoms with Crippen LogP contribution in [-0.4, -0.2) is 10.4 Å². The van der Waals surface area contributed by atoms with Crippen molar-refractivity contribution in [2.24, 2.45) is 0 Å². The van der Waals surface area contributed by atoms with E-state index in [0.29, 0.717) is 6.54 Å². The first-order valence-corrected chi connectivity index (χ1v) is 6.15. The van der Waals surface area contributed by atoms with Crippen LogP contribution in [0.5, 0.6) is 0 Å². The van der Waals surface area contributed by atoms with Gasteiger partial charge in [0.1, 0.15) is 5.54 Å². The molecular formula is C15H16N2O. The number of aromatic nitrogens is 1. The summed E-state index contributed by atoms with van der Waals surface area (Å²) in [5.74, 6) is 0.134. The molecule has 0 saturated heterocycles. The van der Waals surface area contributed by atoms with E-state index in [2.05, 4.69) is 22.0 Å². The van der Waals surface area contributed by atoms with Crippen LogP contribution in [-0.2, 0) is 16.9 Å². The topological polar surface area (TPSA) is 34.0 Å². The largest absolute Gasteiger partial charge is 0.318 e. The lowest BCUT2D eigenvalue weighted by molar-refractivity contribution is -0.123. The summed E-state index contributed by atoms with van der Waals surface area (Å²) in [5.41, 5.74) is 2.73. The number of ketones is 1. The molecule has 92 valence electrons. The van der Waals surface area contributed by atoms with Crippen LogP contribution < -0.4 is 5.32 Å². The third-order valence-corrected chi connectivity index (χ3v) is 3.85. The highest BCUT2D eigenvalue weighted by Gasteiger charge is 2.36. The predicted octanol–water partition coefficient (Wildman–Crippen LogP) is 2.38. The second-order valence-electron chi connectivity index (χ2n) is 4.93. The van der Waals surface area contributed by atoms with Crippen LogP contribution in [0.3, 0.4) is 0 Å². The van der Waals surface area contributed by atoms with E-state index in [9.17, 15) is 4.79 Å². The van der Waals surface area contributed by atoms with E-state index in [1.54, 1.807) is 6.92 Å². The molecule has 1 unspecified atom stereocenters. The lowest BCUT2D eigenvalue weighted by atomic mass is 9.93. The number of benzene rings is 1. The molecule has 1 atom stereocenters. The maximum Gasteiger partial charge on any atom is 0.155 e. The van der Waals surface area contributed by atoms with Gasteiger partial charge >= 0.3 is 0 Å². The van der Waals surface area contributed by atoms with Crippen molar-refractivity contribution in [3.05, 3.63) is 53.9 Å². The van der Waals surface area contributed by atoms with E-state index in [1.807, 2.05) is 37.4 Å². The molecule has 1 aromatic heterocycles. The molecule has 0 saturated carbocycles. The van der Waals surface area contributed by atoms with E-state index >= 15 is 0 Å². The lowest BCUT2D eigenvalue weighted by Gasteiger charge is -2.27. The first-order chi connectivity index (χ1) is 8.63. The standard InChI is InChI=1S/C15H16N2O/c1-11(18)15(2)14-8-5-9-17(14)13-7-4-3-6-12(13)10-16-15/h3-9,16H,10H2,1-2H3. The maximum atomic E-state index is 12.0. The van der Waals surface area contributed by atoms with Crippen LogP contribution in [0.4, 0.5) is 0 Å². The average molecular weight is 240 g/mol. The molecule has 0 spiro atoms. The third-order valence-electron chi connectivity index (χ3n) is 3.85. The SMILES string of the molecule is CC(=O)C1(C)NCc2ccccc2-n2cccc21. The molecule has 0 bridgehead atoms. The van der Waals surface area contributed by atoms with Gasteiger partial charge in [-0.05, 0) is 37.6 Å². The zero-order valence-electron chi connectivity index (χ0n) is 10.6. The summed E-state index contributed by atoms with van der Waals surface area (Å²) in [7, 11) is 0. The number of hydrogen-bond donors (Lipinski definition) is 1. The highest BCUT2D eigenvalue weighted by Crippen LogP contribution is 2.30. The van der Waals surface area contributed by atoms with Crippen molar-refractivity contribution in [2.75, 3.05) is 0 Å². The average Bonchev–Trinajstić information content (AvgIpc) is 2.81. The Morgan fingerprint density at radius 3 is 2.83 bits per heavy atom. The molecule has 2 heterocycles. The minimum absolute atomic E-state index is 0.134. The number of rotatable bonds is 1. The third kappa shape index (κ3) is 1.44. The molecule has 0 fully saturated rings. The Morgan fingerprint density at radius 2 is 2.06 bits per heavy atom. The zero-order valence-corrected chi connectivity index (χ0v) is 10.6. The van der Waals surface area contributed by atoms with Gasteiger partial charge in [-0.15, -0.1) is 0 Å². The molecule has 1 aliphatic heterocycles. The number of nitrogens with zero attached hydrogens (tertiary/aromatic N) is 1. The monoisotopic (exact) mass is 240 g/mol. The van der Waals surface area contributed by atoms with Gasteiger partial charge in [0.05, 0.1) is 5.69 Å². The summed E-state index contributed by atoms with van der Waals surface area (Å²) in [6, 6.07) is 12.2. The van der Waals surface area contributed by atoms with Crippen LogP contribution in [0, 0.1) is 0 Å². The van der Waals surface area contributed by atoms with Crippen LogP contribution in [0.2, 0.25) is 0 Å². The van der Waals surface area contributed by atoms with Gasteiger partial charge in [-0.3, -0.25) is 10.1 Å². The van der Waals surface area contributed by atoms with Gasteiger partial charge in [0, 0.05) is 18.4 Å². The number of fused-ring (bicyclic) bond motifs is 3. The quantitative estimate of drug-likeness (QED) is 0.830. The highest BCUT2D eigenvalue weighted by atomic mass is 16.1. The summed E-state index contributed by atoms with van der Waals surface area (Å²) >= 11 is 0. The lowest BCUT2D eigenvalue weighted by Crippen LogP contribution is -2.45. The maximum absolute atomic E-state index is 12.0. The smallest absolute Gasteiger partial charge is 0.155 e. The van der Waals surface area contributed by atoms with Gasteiger partial charge in [0.25, 0.3) is 0 Å². The Hall–Kier alpha value is -1.87. The van der Waals surface area contributed by atoms with Crippen molar-refractivity contribution in [3.63, 3.8) is 0 Å². The summed E-state index contributed by atoms with van der Waals surface area (Å²) in [6.07, 6.45) is 2.02. The van der Waals surface area contributed by atoms with Crippen LogP contribution >= 0.6 is 0 Å². The fourth-order valence-electron chi connectivity index (χ4n) is 2.56. The van der Waals surface area contributed by atoms with Crippen molar-refractivity contribution in [3.8, 4) is 5.69 Å². The normalized spacial score (nSPS) is 21.9. The minimum Gasteiger partial charge on any atom is -0.318 e. The molecule has 1 aliphatic rings. The Bertz CT molecular complexity index is 614. The first kappa shape index (κ1) is 11.2. The summed E-state index contributed by atoms with van der Waals surface area (Å²) in [5, 5.41) is 3.39. The molecule has 18 heavy (non-hydrogen) atoms. The van der Waals surface area contributed by atoms with Gasteiger partial charge < -0.3 is 4.57 Å². The van der Waals surface area contributed by atoms with E-state index in [1.165, 1.54) is 5.56 Å². The fourth-order valence-corrected chi connectivity index (χ4v) is 2.56. The van der Waals surface area contributed by atoms with Gasteiger partial charge in [-0.25, -0.2) is 0 Å². The zero-order chi connectivity index (χ0) is 12.8. The summed E-state index contributed by atoms with van der Waals surface area (Å²) in [4.78, 5) is 12.0. The van der Waals surface area contributed by atoms with Gasteiger partial charge in [-0.2, -0.15) is 0 Å². The predicted molar refractivity (Wildman–Crippen MR) is 70.6 cm³/mol. The molecule has 2 aromatic rings. The molecule has 0 radical (unpaired) electrons. The Balaban J connectivity index is 2.27. The van der Waals surface area contributed by atoms with Gasteiger partial charge in [0.2, 0.25) is 0 Å². The summed E-state index contributed by atoms with van der Waals surface area (Å²) in [6.45, 7) is 4.29. The van der Waals surface area contributed by atoms with Crippen LogP contribution in [0.1, 0.15) is 25.1 Å². The van der Waals surface area contributed by atoms with Gasteiger partial charge in [-0.1, -0.05) is 18.2 Å². The second-order valence-corrected chi connectivity index (χ2v) is 4.93. The minimum atomic E-state index is -0.622. The number of hydrogen-bond acceptors (Lipinski definition) is 2. The van der Waals surface area contributed by atoms with Crippen LogP contribution in [0.25, 0.3) is 5.69 Å². The van der Waals surface area contributed by atoms with Crippen molar-refractivity contribution in [2.45, 2.75) is 25.9 Å². The molecule has 1 N–H and O–H groups in total. The number of carbonyl (C=O) groups excluding carboxylic acids is 1. The second kappa shape index (κ2) is 3.82. The summed E-state index contributed by atoms with van der Waals surface area (Å²) < 4.78 is 2.11.